The molecule has 2 N–H and O–H groups in total. The van der Waals surface area contributed by atoms with Gasteiger partial charge in [-0.25, -0.2) is 0 Å². The topological polar surface area (TPSA) is 79.0 Å². The van der Waals surface area contributed by atoms with Crippen molar-refractivity contribution in [2.24, 2.45) is 0 Å². The van der Waals surface area contributed by atoms with Crippen LogP contribution in [0.15, 0.2) is 53.5 Å². The number of hydrogen-bond acceptors (Lipinski definition) is 3. The van der Waals surface area contributed by atoms with Crippen LogP contribution in [0.4, 0.5) is 18.9 Å². The predicted molar refractivity (Wildman–Crippen MR) is 94.0 cm³/mol. The Balaban J connectivity index is 2.06. The van der Waals surface area contributed by atoms with Gasteiger partial charge in [-0.2, -0.15) is 13.2 Å². The van der Waals surface area contributed by atoms with Gasteiger partial charge < -0.3 is 10.3 Å². The first-order valence-electron chi connectivity index (χ1n) is 7.83. The summed E-state index contributed by atoms with van der Waals surface area (Å²) < 4.78 is 39.2. The number of para-hydroxylation sites is 2. The summed E-state index contributed by atoms with van der Waals surface area (Å²) in [4.78, 5) is 39.0. The molecule has 3 aromatic rings. The number of aromatic amines is 1. The number of halogens is 3. The van der Waals surface area contributed by atoms with Crippen molar-refractivity contribution in [3.8, 4) is 0 Å². The van der Waals surface area contributed by atoms with Gasteiger partial charge >= 0.3 is 6.18 Å². The van der Waals surface area contributed by atoms with Crippen molar-refractivity contribution < 1.29 is 22.8 Å². The molecule has 138 valence electrons. The van der Waals surface area contributed by atoms with Gasteiger partial charge in [-0.3, -0.25) is 14.4 Å². The fourth-order valence-electron chi connectivity index (χ4n) is 2.75. The van der Waals surface area contributed by atoms with E-state index >= 15 is 0 Å². The van der Waals surface area contributed by atoms with Crippen LogP contribution in [-0.4, -0.2) is 16.7 Å². The van der Waals surface area contributed by atoms with Gasteiger partial charge in [0.2, 0.25) is 5.43 Å². The highest BCUT2D eigenvalue weighted by Gasteiger charge is 2.33. The van der Waals surface area contributed by atoms with Crippen LogP contribution in [0.2, 0.25) is 0 Å². The van der Waals surface area contributed by atoms with Crippen LogP contribution in [0, 0.1) is 0 Å². The first-order chi connectivity index (χ1) is 12.7. The van der Waals surface area contributed by atoms with Crippen molar-refractivity contribution >= 4 is 28.3 Å². The molecular weight excluding hydrogens is 361 g/mol. The Labute approximate surface area is 150 Å². The SMILES string of the molecule is CC(=O)c1ccccc1NC(=O)c1c[nH]c2c(C(F)(F)F)cccc2c1=O. The Morgan fingerprint density at radius 2 is 1.70 bits per heavy atom. The third-order valence-corrected chi connectivity index (χ3v) is 4.02. The highest BCUT2D eigenvalue weighted by Crippen LogP contribution is 2.33. The molecule has 0 saturated heterocycles. The van der Waals surface area contributed by atoms with Crippen LogP contribution in [-0.2, 0) is 6.18 Å². The third kappa shape index (κ3) is 3.46. The van der Waals surface area contributed by atoms with E-state index < -0.39 is 28.6 Å². The van der Waals surface area contributed by atoms with Crippen molar-refractivity contribution in [3.63, 3.8) is 0 Å². The number of fused-ring (bicyclic) bond motifs is 1. The van der Waals surface area contributed by atoms with Crippen LogP contribution in [0.1, 0.15) is 33.2 Å². The number of alkyl halides is 3. The molecule has 0 aliphatic carbocycles. The lowest BCUT2D eigenvalue weighted by Gasteiger charge is -2.12. The van der Waals surface area contributed by atoms with Crippen LogP contribution in [0.25, 0.3) is 10.9 Å². The quantitative estimate of drug-likeness (QED) is 0.680. The number of carbonyl (C=O) groups is 2. The minimum absolute atomic E-state index is 0.207. The molecule has 0 unspecified atom stereocenters. The fourth-order valence-corrected chi connectivity index (χ4v) is 2.75. The summed E-state index contributed by atoms with van der Waals surface area (Å²) in [5, 5.41) is 2.20. The highest BCUT2D eigenvalue weighted by molar-refractivity contribution is 6.09. The number of amides is 1. The van der Waals surface area contributed by atoms with Crippen molar-refractivity contribution in [1.82, 2.24) is 4.98 Å². The minimum Gasteiger partial charge on any atom is -0.360 e. The summed E-state index contributed by atoms with van der Waals surface area (Å²) in [5.74, 6) is -1.11. The molecule has 0 bridgehead atoms. The number of ketones is 1. The van der Waals surface area contributed by atoms with Crippen molar-refractivity contribution in [2.75, 3.05) is 5.32 Å². The molecule has 27 heavy (non-hydrogen) atoms. The minimum atomic E-state index is -4.65. The van der Waals surface area contributed by atoms with E-state index in [9.17, 15) is 27.6 Å². The normalized spacial score (nSPS) is 11.4. The molecule has 0 spiro atoms. The molecule has 1 aromatic heterocycles. The molecule has 0 aliphatic heterocycles. The Bertz CT molecular complexity index is 1120. The first-order valence-corrected chi connectivity index (χ1v) is 7.83. The van der Waals surface area contributed by atoms with Crippen molar-refractivity contribution in [2.45, 2.75) is 13.1 Å². The molecule has 1 amide bonds. The van der Waals surface area contributed by atoms with E-state index in [1.807, 2.05) is 0 Å². The summed E-state index contributed by atoms with van der Waals surface area (Å²) >= 11 is 0. The van der Waals surface area contributed by atoms with Gasteiger partial charge in [0, 0.05) is 17.1 Å². The predicted octanol–water partition coefficient (Wildman–Crippen LogP) is 4.00. The average Bonchev–Trinajstić information content (AvgIpc) is 2.61. The number of Topliss-reactive ketones (excluding diaryl/α,β-unsaturated/α-hetero) is 1. The van der Waals surface area contributed by atoms with Crippen LogP contribution in [0.5, 0.6) is 0 Å². The zero-order valence-electron chi connectivity index (χ0n) is 14.0. The van der Waals surface area contributed by atoms with E-state index in [1.165, 1.54) is 25.1 Å². The second-order valence-corrected chi connectivity index (χ2v) is 5.81. The summed E-state index contributed by atoms with van der Waals surface area (Å²) in [5.41, 5.74) is -2.13. The highest BCUT2D eigenvalue weighted by atomic mass is 19.4. The van der Waals surface area contributed by atoms with E-state index in [2.05, 4.69) is 10.3 Å². The van der Waals surface area contributed by atoms with Gasteiger partial charge in [0.1, 0.15) is 5.56 Å². The molecule has 8 heteroatoms. The van der Waals surface area contributed by atoms with Crippen molar-refractivity contribution in [1.29, 1.82) is 0 Å². The van der Waals surface area contributed by atoms with Gasteiger partial charge in [0.15, 0.2) is 5.78 Å². The number of benzene rings is 2. The van der Waals surface area contributed by atoms with Crippen LogP contribution < -0.4 is 10.7 Å². The number of anilines is 1. The molecule has 0 radical (unpaired) electrons. The Morgan fingerprint density at radius 3 is 2.37 bits per heavy atom. The smallest absolute Gasteiger partial charge is 0.360 e. The average molecular weight is 374 g/mol. The maximum absolute atomic E-state index is 13.1. The van der Waals surface area contributed by atoms with Gasteiger partial charge in [-0.1, -0.05) is 18.2 Å². The van der Waals surface area contributed by atoms with Gasteiger partial charge in [-0.05, 0) is 31.2 Å². The lowest BCUT2D eigenvalue weighted by Crippen LogP contribution is -2.23. The van der Waals surface area contributed by atoms with E-state index in [0.717, 1.165) is 18.3 Å². The van der Waals surface area contributed by atoms with E-state index in [4.69, 9.17) is 0 Å². The molecule has 2 aromatic carbocycles. The number of H-pyrrole nitrogens is 1. The number of pyridine rings is 1. The number of carbonyl (C=O) groups excluding carboxylic acids is 2. The maximum atomic E-state index is 13.1. The zero-order chi connectivity index (χ0) is 19.8. The van der Waals surface area contributed by atoms with Crippen LogP contribution >= 0.6 is 0 Å². The lowest BCUT2D eigenvalue weighted by molar-refractivity contribution is -0.136. The van der Waals surface area contributed by atoms with Crippen LogP contribution in [0.3, 0.4) is 0 Å². The van der Waals surface area contributed by atoms with Gasteiger partial charge in [0.25, 0.3) is 5.91 Å². The summed E-state index contributed by atoms with van der Waals surface area (Å²) in [6.07, 6.45) is -3.71. The van der Waals surface area contributed by atoms with E-state index in [0.29, 0.717) is 0 Å². The number of aromatic nitrogens is 1. The monoisotopic (exact) mass is 374 g/mol. The number of hydrogen-bond donors (Lipinski definition) is 2. The molecule has 0 atom stereocenters. The van der Waals surface area contributed by atoms with E-state index in [1.54, 1.807) is 12.1 Å². The zero-order valence-corrected chi connectivity index (χ0v) is 14.0. The molecular formula is C19H13F3N2O3. The summed E-state index contributed by atoms with van der Waals surface area (Å²) in [6, 6.07) is 9.39. The van der Waals surface area contributed by atoms with Gasteiger partial charge in [0.05, 0.1) is 16.8 Å². The largest absolute Gasteiger partial charge is 0.418 e. The second kappa shape index (κ2) is 6.71. The number of nitrogens with one attached hydrogen (secondary N) is 2. The Hall–Kier alpha value is -3.42. The first kappa shape index (κ1) is 18.4. The summed E-state index contributed by atoms with van der Waals surface area (Å²) in [6.45, 7) is 1.33. The molecule has 5 nitrogen and oxygen atoms in total. The third-order valence-electron chi connectivity index (χ3n) is 4.02. The van der Waals surface area contributed by atoms with Crippen molar-refractivity contribution in [3.05, 3.63) is 75.6 Å². The molecule has 3 rings (SSSR count). The molecule has 0 aliphatic rings. The van der Waals surface area contributed by atoms with E-state index in [-0.39, 0.29) is 28.0 Å². The summed E-state index contributed by atoms with van der Waals surface area (Å²) in [7, 11) is 0. The molecule has 0 fully saturated rings. The van der Waals surface area contributed by atoms with Gasteiger partial charge in [-0.15, -0.1) is 0 Å². The molecule has 0 saturated carbocycles. The Morgan fingerprint density at radius 1 is 1.00 bits per heavy atom. The maximum Gasteiger partial charge on any atom is 0.418 e. The fraction of sp³-hybridized carbons (Fsp3) is 0.105. The molecule has 1 heterocycles. The Kier molecular flexibility index (Phi) is 4.57. The lowest BCUT2D eigenvalue weighted by atomic mass is 10.1. The second-order valence-electron chi connectivity index (χ2n) is 5.81. The standard InChI is InChI=1S/C19H13F3N2O3/c1-10(25)11-5-2-3-8-15(11)24-18(27)13-9-23-16-12(17(13)26)6-4-7-14(16)19(20,21)22/h2-9H,1H3,(H,23,26)(H,24,27). The number of rotatable bonds is 3.